The van der Waals surface area contributed by atoms with Crippen molar-refractivity contribution in [2.24, 2.45) is 0 Å². The Morgan fingerprint density at radius 1 is 1.00 bits per heavy atom. The van der Waals surface area contributed by atoms with Gasteiger partial charge in [0.15, 0.2) is 17.4 Å². The van der Waals surface area contributed by atoms with Gasteiger partial charge in [0.2, 0.25) is 6.29 Å². The fourth-order valence-electron chi connectivity index (χ4n) is 4.23. The maximum Gasteiger partial charge on any atom is 0.343 e. The van der Waals surface area contributed by atoms with Gasteiger partial charge in [-0.3, -0.25) is 4.79 Å². The SMILES string of the molecule is CC(=O)C[C@H](c1ccccc1)c1c(O)c2cccc(O[C@@H]3O[C@H](C(=O)O)[C@@H](O)[C@H](O)[C@H]3O)c2oc1=O. The normalized spacial score (nSPS) is 24.8. The summed E-state index contributed by atoms with van der Waals surface area (Å²) in [6.07, 6.45) is -9.37. The lowest BCUT2D eigenvalue weighted by Gasteiger charge is -2.38. The van der Waals surface area contributed by atoms with Gasteiger partial charge in [0.25, 0.3) is 0 Å². The zero-order chi connectivity index (χ0) is 26.1. The van der Waals surface area contributed by atoms with E-state index in [1.54, 1.807) is 30.3 Å². The van der Waals surface area contributed by atoms with Gasteiger partial charge in [-0.2, -0.15) is 0 Å². The van der Waals surface area contributed by atoms with Gasteiger partial charge in [-0.15, -0.1) is 0 Å². The molecule has 1 aromatic heterocycles. The molecule has 0 radical (unpaired) electrons. The van der Waals surface area contributed by atoms with E-state index in [0.717, 1.165) is 0 Å². The van der Waals surface area contributed by atoms with Crippen LogP contribution in [-0.2, 0) is 14.3 Å². The van der Waals surface area contributed by atoms with Crippen LogP contribution in [0.25, 0.3) is 11.0 Å². The molecule has 5 N–H and O–H groups in total. The first kappa shape index (κ1) is 25.3. The maximum atomic E-state index is 13.1. The van der Waals surface area contributed by atoms with Gasteiger partial charge in [0.1, 0.15) is 29.8 Å². The largest absolute Gasteiger partial charge is 0.507 e. The lowest BCUT2D eigenvalue weighted by molar-refractivity contribution is -0.271. The summed E-state index contributed by atoms with van der Waals surface area (Å²) in [6.45, 7) is 1.37. The Kier molecular flexibility index (Phi) is 7.09. The summed E-state index contributed by atoms with van der Waals surface area (Å²) in [5, 5.41) is 50.5. The Hall–Kier alpha value is -3.77. The molecule has 0 unspecified atom stereocenters. The van der Waals surface area contributed by atoms with E-state index >= 15 is 0 Å². The van der Waals surface area contributed by atoms with Crippen LogP contribution in [0.1, 0.15) is 30.4 Å². The molecule has 1 fully saturated rings. The summed E-state index contributed by atoms with van der Waals surface area (Å²) in [5.74, 6) is -3.23. The van der Waals surface area contributed by atoms with E-state index in [1.165, 1.54) is 25.1 Å². The number of hydrogen-bond acceptors (Lipinski definition) is 10. The summed E-state index contributed by atoms with van der Waals surface area (Å²) >= 11 is 0. The zero-order valence-corrected chi connectivity index (χ0v) is 19.0. The first-order valence-electron chi connectivity index (χ1n) is 11.0. The van der Waals surface area contributed by atoms with Crippen LogP contribution in [0.3, 0.4) is 0 Å². The number of rotatable bonds is 7. The van der Waals surface area contributed by atoms with Gasteiger partial charge >= 0.3 is 11.6 Å². The third-order valence-electron chi connectivity index (χ3n) is 6.00. The summed E-state index contributed by atoms with van der Waals surface area (Å²) < 4.78 is 16.1. The van der Waals surface area contributed by atoms with Crippen LogP contribution in [0.2, 0.25) is 0 Å². The summed E-state index contributed by atoms with van der Waals surface area (Å²) in [6, 6.07) is 12.9. The molecule has 1 aliphatic heterocycles. The van der Waals surface area contributed by atoms with E-state index < -0.39 is 54.0 Å². The van der Waals surface area contributed by atoms with Gasteiger partial charge in [-0.1, -0.05) is 36.4 Å². The highest BCUT2D eigenvalue weighted by molar-refractivity contribution is 5.89. The number of Topliss-reactive ketones (excluding diaryl/α,β-unsaturated/α-hetero) is 1. The van der Waals surface area contributed by atoms with Crippen molar-refractivity contribution in [3.63, 3.8) is 0 Å². The Bertz CT molecular complexity index is 1330. The smallest absolute Gasteiger partial charge is 0.343 e. The second-order valence-electron chi connectivity index (χ2n) is 8.51. The maximum absolute atomic E-state index is 13.1. The third kappa shape index (κ3) is 4.69. The van der Waals surface area contributed by atoms with Crippen LogP contribution in [0.5, 0.6) is 11.5 Å². The first-order chi connectivity index (χ1) is 17.1. The molecule has 0 amide bonds. The van der Waals surface area contributed by atoms with E-state index in [-0.39, 0.29) is 34.5 Å². The minimum absolute atomic E-state index is 0.0484. The molecule has 36 heavy (non-hydrogen) atoms. The number of aliphatic hydroxyl groups is 3. The number of carbonyl (C=O) groups is 2. The molecule has 2 aromatic carbocycles. The molecule has 6 atom stereocenters. The summed E-state index contributed by atoms with van der Waals surface area (Å²) in [7, 11) is 0. The molecule has 1 saturated heterocycles. The van der Waals surface area contributed by atoms with Crippen molar-refractivity contribution >= 4 is 22.7 Å². The van der Waals surface area contributed by atoms with Crippen LogP contribution < -0.4 is 10.4 Å². The Balaban J connectivity index is 1.77. The van der Waals surface area contributed by atoms with E-state index in [4.69, 9.17) is 13.9 Å². The van der Waals surface area contributed by atoms with Crippen LogP contribution in [0.15, 0.2) is 57.7 Å². The van der Waals surface area contributed by atoms with Crippen molar-refractivity contribution < 1.29 is 49.0 Å². The second kappa shape index (κ2) is 10.1. The molecule has 190 valence electrons. The number of carboxylic acids is 1. The number of ketones is 1. The minimum Gasteiger partial charge on any atom is -0.507 e. The van der Waals surface area contributed by atoms with Gasteiger partial charge in [-0.25, -0.2) is 9.59 Å². The van der Waals surface area contributed by atoms with Crippen LogP contribution in [0, 0.1) is 0 Å². The molecule has 0 aliphatic carbocycles. The second-order valence-corrected chi connectivity index (χ2v) is 8.51. The Morgan fingerprint density at radius 3 is 2.33 bits per heavy atom. The number of aromatic hydroxyl groups is 1. The average Bonchev–Trinajstić information content (AvgIpc) is 2.84. The molecule has 11 heteroatoms. The lowest BCUT2D eigenvalue weighted by atomic mass is 9.87. The van der Waals surface area contributed by atoms with Crippen LogP contribution in [-0.4, -0.2) is 68.0 Å². The van der Waals surface area contributed by atoms with Crippen molar-refractivity contribution in [2.45, 2.75) is 50.0 Å². The predicted molar refractivity (Wildman–Crippen MR) is 123 cm³/mol. The highest BCUT2D eigenvalue weighted by Crippen LogP contribution is 2.39. The molecule has 0 saturated carbocycles. The predicted octanol–water partition coefficient (Wildman–Crippen LogP) is 0.881. The van der Waals surface area contributed by atoms with Crippen LogP contribution >= 0.6 is 0 Å². The molecule has 0 spiro atoms. The van der Waals surface area contributed by atoms with Gasteiger partial charge in [0.05, 0.1) is 10.9 Å². The van der Waals surface area contributed by atoms with Gasteiger partial charge < -0.3 is 39.4 Å². The number of ether oxygens (including phenoxy) is 2. The van der Waals surface area contributed by atoms with E-state index in [1.807, 2.05) is 0 Å². The number of aliphatic hydroxyl groups excluding tert-OH is 3. The molecule has 2 heterocycles. The van der Waals surface area contributed by atoms with Gasteiger partial charge in [0, 0.05) is 12.3 Å². The lowest BCUT2D eigenvalue weighted by Crippen LogP contribution is -2.61. The molecular weight excluding hydrogens is 476 g/mol. The van der Waals surface area contributed by atoms with Gasteiger partial charge in [-0.05, 0) is 24.6 Å². The summed E-state index contributed by atoms with van der Waals surface area (Å²) in [4.78, 5) is 36.4. The molecule has 3 aromatic rings. The quantitative estimate of drug-likeness (QED) is 0.290. The molecule has 11 nitrogen and oxygen atoms in total. The molecule has 1 aliphatic rings. The highest BCUT2D eigenvalue weighted by Gasteiger charge is 2.48. The first-order valence-corrected chi connectivity index (χ1v) is 11.0. The topological polar surface area (TPSA) is 184 Å². The van der Waals surface area contributed by atoms with Crippen molar-refractivity contribution in [2.75, 3.05) is 0 Å². The molecular formula is C25H24O11. The number of benzene rings is 2. The standard InChI is InChI=1S/C25H24O11/c1-11(26)10-14(12-6-3-2-4-7-12)16-17(27)13-8-5-9-15(21(13)35-24(16)33)34-25-20(30)18(28)19(29)22(36-25)23(31)32/h2-9,14,18-20,22,25,27-30H,10H2,1H3,(H,31,32)/t14-,18+,19+,20-,22+,25-/m1/s1. The van der Waals surface area contributed by atoms with Crippen molar-refractivity contribution in [3.8, 4) is 11.5 Å². The fourth-order valence-corrected chi connectivity index (χ4v) is 4.23. The number of fused-ring (bicyclic) bond motifs is 1. The molecule has 0 bridgehead atoms. The number of aliphatic carboxylic acids is 1. The van der Waals surface area contributed by atoms with E-state index in [9.17, 15) is 39.9 Å². The Morgan fingerprint density at radius 2 is 1.69 bits per heavy atom. The van der Waals surface area contributed by atoms with E-state index in [2.05, 4.69) is 0 Å². The number of carboxylic acid groups (broad SMARTS) is 1. The summed E-state index contributed by atoms with van der Waals surface area (Å²) in [5.41, 5.74) is -0.677. The van der Waals surface area contributed by atoms with Crippen LogP contribution in [0.4, 0.5) is 0 Å². The fraction of sp³-hybridized carbons (Fsp3) is 0.320. The number of carbonyl (C=O) groups excluding carboxylic acids is 1. The monoisotopic (exact) mass is 500 g/mol. The van der Waals surface area contributed by atoms with Crippen molar-refractivity contribution in [1.82, 2.24) is 0 Å². The van der Waals surface area contributed by atoms with Crippen molar-refractivity contribution in [1.29, 1.82) is 0 Å². The minimum atomic E-state index is -1.91. The van der Waals surface area contributed by atoms with E-state index in [0.29, 0.717) is 5.56 Å². The average molecular weight is 500 g/mol. The number of hydrogen-bond donors (Lipinski definition) is 5. The Labute approximate surface area is 203 Å². The third-order valence-corrected chi connectivity index (χ3v) is 6.00. The molecule has 4 rings (SSSR count). The number of para-hydroxylation sites is 1. The zero-order valence-electron chi connectivity index (χ0n) is 19.0. The van der Waals surface area contributed by atoms with Crippen molar-refractivity contribution in [3.05, 3.63) is 70.1 Å². The highest BCUT2D eigenvalue weighted by atomic mass is 16.7.